The Morgan fingerprint density at radius 3 is 2.46 bits per heavy atom. The van der Waals surface area contributed by atoms with Crippen molar-refractivity contribution >= 4 is 23.3 Å². The molecule has 0 aliphatic carbocycles. The van der Waals surface area contributed by atoms with Gasteiger partial charge < -0.3 is 15.4 Å². The predicted octanol–water partition coefficient (Wildman–Crippen LogP) is 3.89. The molecule has 1 aliphatic heterocycles. The lowest BCUT2D eigenvalue weighted by molar-refractivity contribution is -0.137. The first-order valence-corrected chi connectivity index (χ1v) is 8.80. The van der Waals surface area contributed by atoms with Gasteiger partial charge in [0.05, 0.1) is 5.70 Å². The first-order valence-electron chi connectivity index (χ1n) is 8.80. The molecule has 1 aliphatic rings. The number of carbonyl (C=O) groups excluding carboxylic acids is 2. The Labute approximate surface area is 153 Å². The number of aryl methyl sites for hydroxylation is 1. The Morgan fingerprint density at radius 1 is 1.04 bits per heavy atom. The lowest BCUT2D eigenvalue weighted by Crippen LogP contribution is -2.20. The lowest BCUT2D eigenvalue weighted by Gasteiger charge is -2.09. The number of benzene rings is 2. The van der Waals surface area contributed by atoms with Gasteiger partial charge in [0, 0.05) is 11.4 Å². The number of esters is 1. The van der Waals surface area contributed by atoms with E-state index in [0.29, 0.717) is 11.4 Å². The largest absolute Gasteiger partial charge is 0.455 e. The average molecular weight is 350 g/mol. The van der Waals surface area contributed by atoms with Crippen molar-refractivity contribution in [3.8, 4) is 0 Å². The Morgan fingerprint density at radius 2 is 1.77 bits per heavy atom. The summed E-state index contributed by atoms with van der Waals surface area (Å²) in [6, 6.07) is 17.0. The molecule has 2 aromatic rings. The van der Waals surface area contributed by atoms with Gasteiger partial charge in [0.1, 0.15) is 12.2 Å². The summed E-state index contributed by atoms with van der Waals surface area (Å²) >= 11 is 0. The van der Waals surface area contributed by atoms with E-state index >= 15 is 0 Å². The number of nitrogens with one attached hydrogen (secondary N) is 2. The molecule has 2 N–H and O–H groups in total. The molecule has 0 fully saturated rings. The smallest absolute Gasteiger partial charge is 0.346 e. The number of amides is 1. The van der Waals surface area contributed by atoms with Crippen molar-refractivity contribution in [3.63, 3.8) is 0 Å². The molecule has 26 heavy (non-hydrogen) atoms. The van der Waals surface area contributed by atoms with Gasteiger partial charge in [-0.05, 0) is 42.7 Å². The fraction of sp³-hybridized carbons (Fsp3) is 0.238. The van der Waals surface area contributed by atoms with Crippen LogP contribution in [0.3, 0.4) is 0 Å². The molecule has 1 heterocycles. The number of ether oxygens (including phenoxy) is 1. The van der Waals surface area contributed by atoms with E-state index in [4.69, 9.17) is 4.74 Å². The zero-order valence-corrected chi connectivity index (χ0v) is 14.7. The van der Waals surface area contributed by atoms with E-state index in [-0.39, 0.29) is 12.2 Å². The first kappa shape index (κ1) is 17.7. The molecule has 134 valence electrons. The molecular formula is C21H22N2O3. The number of rotatable bonds is 7. The lowest BCUT2D eigenvalue weighted by atomic mass is 10.1. The van der Waals surface area contributed by atoms with Crippen LogP contribution in [0.5, 0.6) is 0 Å². The van der Waals surface area contributed by atoms with Crippen LogP contribution in [0.1, 0.15) is 25.3 Å². The summed E-state index contributed by atoms with van der Waals surface area (Å²) in [5.41, 5.74) is 3.22. The van der Waals surface area contributed by atoms with E-state index in [2.05, 4.69) is 29.7 Å². The van der Waals surface area contributed by atoms with Crippen molar-refractivity contribution in [2.75, 3.05) is 17.2 Å². The number of cyclic esters (lactones) is 1. The van der Waals surface area contributed by atoms with Gasteiger partial charge in [-0.25, -0.2) is 4.79 Å². The number of unbranched alkanes of at least 4 members (excludes halogenated alkanes) is 1. The summed E-state index contributed by atoms with van der Waals surface area (Å²) < 4.78 is 5.05. The van der Waals surface area contributed by atoms with Crippen molar-refractivity contribution in [3.05, 3.63) is 71.4 Å². The third-order valence-corrected chi connectivity index (χ3v) is 4.18. The van der Waals surface area contributed by atoms with E-state index in [1.165, 1.54) is 5.56 Å². The second kappa shape index (κ2) is 8.34. The van der Waals surface area contributed by atoms with Crippen LogP contribution >= 0.6 is 0 Å². The predicted molar refractivity (Wildman–Crippen MR) is 102 cm³/mol. The number of anilines is 2. The van der Waals surface area contributed by atoms with Gasteiger partial charge in [-0.2, -0.15) is 0 Å². The zero-order chi connectivity index (χ0) is 18.4. The molecule has 2 aromatic carbocycles. The minimum Gasteiger partial charge on any atom is -0.455 e. The molecule has 0 unspecified atom stereocenters. The molecule has 1 amide bonds. The Hall–Kier alpha value is -3.08. The van der Waals surface area contributed by atoms with E-state index in [1.807, 2.05) is 30.3 Å². The second-order valence-corrected chi connectivity index (χ2v) is 6.18. The van der Waals surface area contributed by atoms with Crippen LogP contribution in [0.2, 0.25) is 0 Å². The highest BCUT2D eigenvalue weighted by molar-refractivity contribution is 6.23. The fourth-order valence-electron chi connectivity index (χ4n) is 2.76. The standard InChI is InChI=1S/C21H22N2O3/c1-2-3-7-15-10-12-17(13-11-15)22-18-14-26-21(25)19(18)20(24)23-16-8-5-4-6-9-16/h4-6,8-13,22H,2-3,7,14H2,1H3,(H,23,24). The van der Waals surface area contributed by atoms with E-state index in [0.717, 1.165) is 24.9 Å². The van der Waals surface area contributed by atoms with Crippen LogP contribution in [-0.4, -0.2) is 18.5 Å². The van der Waals surface area contributed by atoms with E-state index in [9.17, 15) is 9.59 Å². The Balaban J connectivity index is 1.73. The number of para-hydroxylation sites is 1. The van der Waals surface area contributed by atoms with E-state index < -0.39 is 11.9 Å². The van der Waals surface area contributed by atoms with Crippen molar-refractivity contribution in [1.29, 1.82) is 0 Å². The highest BCUT2D eigenvalue weighted by Crippen LogP contribution is 2.21. The van der Waals surface area contributed by atoms with Gasteiger partial charge in [-0.15, -0.1) is 0 Å². The van der Waals surface area contributed by atoms with Crippen LogP contribution in [0.15, 0.2) is 65.9 Å². The van der Waals surface area contributed by atoms with Crippen molar-refractivity contribution in [2.45, 2.75) is 26.2 Å². The highest BCUT2D eigenvalue weighted by atomic mass is 16.5. The van der Waals surface area contributed by atoms with Crippen LogP contribution in [0.25, 0.3) is 0 Å². The summed E-state index contributed by atoms with van der Waals surface area (Å²) in [4.78, 5) is 24.5. The molecule has 0 spiro atoms. The molecular weight excluding hydrogens is 328 g/mol. The molecule has 5 heteroatoms. The molecule has 5 nitrogen and oxygen atoms in total. The molecule has 0 bridgehead atoms. The van der Waals surface area contributed by atoms with E-state index in [1.54, 1.807) is 12.1 Å². The topological polar surface area (TPSA) is 67.4 Å². The summed E-state index contributed by atoms with van der Waals surface area (Å²) in [5.74, 6) is -1.08. The maximum atomic E-state index is 12.5. The van der Waals surface area contributed by atoms with Crippen LogP contribution in [-0.2, 0) is 20.7 Å². The van der Waals surface area contributed by atoms with Crippen LogP contribution < -0.4 is 10.6 Å². The Kier molecular flexibility index (Phi) is 5.69. The average Bonchev–Trinajstić information content (AvgIpc) is 3.02. The van der Waals surface area contributed by atoms with Crippen LogP contribution in [0, 0.1) is 0 Å². The van der Waals surface area contributed by atoms with Gasteiger partial charge in [0.2, 0.25) is 0 Å². The highest BCUT2D eigenvalue weighted by Gasteiger charge is 2.31. The van der Waals surface area contributed by atoms with Gasteiger partial charge in [-0.3, -0.25) is 4.79 Å². The fourth-order valence-corrected chi connectivity index (χ4v) is 2.76. The van der Waals surface area contributed by atoms with Gasteiger partial charge >= 0.3 is 5.97 Å². The first-order chi connectivity index (χ1) is 12.7. The number of carbonyl (C=O) groups is 2. The third kappa shape index (κ3) is 4.30. The summed E-state index contributed by atoms with van der Waals surface area (Å²) in [6.45, 7) is 2.23. The maximum absolute atomic E-state index is 12.5. The summed E-state index contributed by atoms with van der Waals surface area (Å²) in [6.07, 6.45) is 3.36. The second-order valence-electron chi connectivity index (χ2n) is 6.18. The normalized spacial score (nSPS) is 13.5. The van der Waals surface area contributed by atoms with Gasteiger partial charge in [0.15, 0.2) is 0 Å². The molecule has 3 rings (SSSR count). The molecule has 0 saturated carbocycles. The SMILES string of the molecule is CCCCc1ccc(NC2=C(C(=O)Nc3ccccc3)C(=O)OC2)cc1. The molecule has 0 atom stereocenters. The number of hydrogen-bond acceptors (Lipinski definition) is 4. The number of hydrogen-bond donors (Lipinski definition) is 2. The van der Waals surface area contributed by atoms with Crippen LogP contribution in [0.4, 0.5) is 11.4 Å². The molecule has 0 saturated heterocycles. The molecule has 0 aromatic heterocycles. The zero-order valence-electron chi connectivity index (χ0n) is 14.7. The minimum absolute atomic E-state index is 0.0175. The maximum Gasteiger partial charge on any atom is 0.346 e. The minimum atomic E-state index is -0.611. The van der Waals surface area contributed by atoms with Crippen molar-refractivity contribution in [2.24, 2.45) is 0 Å². The third-order valence-electron chi connectivity index (χ3n) is 4.18. The van der Waals surface area contributed by atoms with Crippen molar-refractivity contribution in [1.82, 2.24) is 0 Å². The summed E-state index contributed by atoms with van der Waals surface area (Å²) in [7, 11) is 0. The quantitative estimate of drug-likeness (QED) is 0.587. The van der Waals surface area contributed by atoms with Gasteiger partial charge in [-0.1, -0.05) is 43.7 Å². The Bertz CT molecular complexity index is 811. The van der Waals surface area contributed by atoms with Crippen molar-refractivity contribution < 1.29 is 14.3 Å². The monoisotopic (exact) mass is 350 g/mol. The van der Waals surface area contributed by atoms with Gasteiger partial charge in [0.25, 0.3) is 5.91 Å². The molecule has 0 radical (unpaired) electrons. The summed E-state index contributed by atoms with van der Waals surface area (Å²) in [5, 5.41) is 5.87.